The molecule has 10 heterocycles. The molecule has 34 heavy (non-hydrogen) atoms. The Kier molecular flexibility index (Phi) is 5.64. The van der Waals surface area contributed by atoms with E-state index in [0.717, 1.165) is 22.3 Å². The zero-order valence-electron chi connectivity index (χ0n) is 19.4. The molecule has 0 aromatic heterocycles. The lowest BCUT2D eigenvalue weighted by Crippen LogP contribution is -1.96. The van der Waals surface area contributed by atoms with Crippen LogP contribution in [-0.4, -0.2) is 28.4 Å². The molecular formula is C28H24O6. The van der Waals surface area contributed by atoms with Gasteiger partial charge in [0.25, 0.3) is 0 Å². The van der Waals surface area contributed by atoms with Crippen LogP contribution in [0.25, 0.3) is 22.3 Å². The molecule has 10 aliphatic heterocycles. The number of ether oxygens (including phenoxy) is 6. The van der Waals surface area contributed by atoms with E-state index in [1.165, 1.54) is 0 Å². The molecule has 0 aliphatic carbocycles. The van der Waals surface area contributed by atoms with Gasteiger partial charge in [-0.3, -0.25) is 0 Å². The molecule has 0 radical (unpaired) electrons. The molecule has 172 valence electrons. The fourth-order valence-corrected chi connectivity index (χ4v) is 4.10. The van der Waals surface area contributed by atoms with Crippen LogP contribution >= 0.6 is 0 Å². The normalized spacial score (nSPS) is 11.4. The average molecular weight is 456 g/mol. The van der Waals surface area contributed by atoms with E-state index in [-0.39, 0.29) is 0 Å². The minimum atomic E-state index is 0.636. The van der Waals surface area contributed by atoms with Crippen molar-refractivity contribution in [1.29, 1.82) is 0 Å². The van der Waals surface area contributed by atoms with Crippen molar-refractivity contribution in [3.05, 3.63) is 72.8 Å². The second kappa shape index (κ2) is 8.90. The third-order valence-corrected chi connectivity index (χ3v) is 5.74. The summed E-state index contributed by atoms with van der Waals surface area (Å²) in [5.41, 5.74) is 3.49. The highest BCUT2D eigenvalue weighted by Gasteiger charge is 2.17. The molecule has 6 nitrogen and oxygen atoms in total. The minimum absolute atomic E-state index is 0.636. The summed E-state index contributed by atoms with van der Waals surface area (Å²) in [6, 6.07) is 22.8. The standard InChI is InChI=1S/C28H24O6/c1-29-25-13-17-5-9-21(25)22-10-6-19(14-26(22)30-2)34-20-8-12-24(28(16-20)32-4)23-11-7-18(33-17)15-27(23)31-3/h5-16H,1-4H3. The fraction of sp³-hybridized carbons (Fsp3) is 0.143. The van der Waals surface area contributed by atoms with Crippen LogP contribution in [0.15, 0.2) is 72.8 Å². The number of hydrogen-bond acceptors (Lipinski definition) is 6. The molecule has 6 heteroatoms. The minimum Gasteiger partial charge on any atom is -0.496 e. The van der Waals surface area contributed by atoms with E-state index >= 15 is 0 Å². The topological polar surface area (TPSA) is 55.4 Å². The van der Waals surface area contributed by atoms with Crippen molar-refractivity contribution in [3.63, 3.8) is 0 Å². The van der Waals surface area contributed by atoms with E-state index in [0.29, 0.717) is 46.0 Å². The van der Waals surface area contributed by atoms with Crippen LogP contribution in [0.2, 0.25) is 0 Å². The lowest BCUT2D eigenvalue weighted by atomic mass is 10.0. The van der Waals surface area contributed by atoms with Crippen LogP contribution in [0.5, 0.6) is 46.0 Å². The lowest BCUT2D eigenvalue weighted by molar-refractivity contribution is 0.399. The fourth-order valence-electron chi connectivity index (χ4n) is 4.10. The first kappa shape index (κ1) is 21.5. The molecule has 10 aliphatic rings. The van der Waals surface area contributed by atoms with Crippen LogP contribution < -0.4 is 28.4 Å². The van der Waals surface area contributed by atoms with E-state index in [4.69, 9.17) is 28.4 Å². The summed E-state index contributed by atoms with van der Waals surface area (Å²) in [6.45, 7) is 0. The van der Waals surface area contributed by atoms with Gasteiger partial charge in [0, 0.05) is 46.5 Å². The molecule has 0 amide bonds. The quantitative estimate of drug-likeness (QED) is 0.292. The first-order chi connectivity index (χ1) is 16.6. The Balaban J connectivity index is 1.74. The molecule has 0 N–H and O–H groups in total. The van der Waals surface area contributed by atoms with Gasteiger partial charge in [-0.15, -0.1) is 0 Å². The highest BCUT2D eigenvalue weighted by Crippen LogP contribution is 2.44. The molecule has 4 aromatic carbocycles. The van der Waals surface area contributed by atoms with Gasteiger partial charge in [0.1, 0.15) is 46.0 Å². The zero-order valence-corrected chi connectivity index (χ0v) is 19.4. The summed E-state index contributed by atoms with van der Waals surface area (Å²) in [4.78, 5) is 0. The van der Waals surface area contributed by atoms with Gasteiger partial charge in [0.05, 0.1) is 28.4 Å². The summed E-state index contributed by atoms with van der Waals surface area (Å²) in [7, 11) is 6.53. The van der Waals surface area contributed by atoms with Crippen LogP contribution in [0.1, 0.15) is 0 Å². The van der Waals surface area contributed by atoms with Crippen molar-refractivity contribution < 1.29 is 28.4 Å². The Labute approximate surface area is 198 Å². The van der Waals surface area contributed by atoms with E-state index < -0.39 is 0 Å². The first-order valence-electron chi connectivity index (χ1n) is 10.7. The van der Waals surface area contributed by atoms with Crippen molar-refractivity contribution in [2.24, 2.45) is 0 Å². The Morgan fingerprint density at radius 2 is 0.618 bits per heavy atom. The van der Waals surface area contributed by atoms with Crippen LogP contribution in [0, 0.1) is 0 Å². The number of methoxy groups -OCH3 is 4. The maximum atomic E-state index is 6.14. The molecule has 8 bridgehead atoms. The van der Waals surface area contributed by atoms with Crippen LogP contribution in [0.3, 0.4) is 0 Å². The van der Waals surface area contributed by atoms with Gasteiger partial charge in [-0.25, -0.2) is 0 Å². The van der Waals surface area contributed by atoms with Crippen LogP contribution in [0.4, 0.5) is 0 Å². The van der Waals surface area contributed by atoms with Gasteiger partial charge in [0.15, 0.2) is 0 Å². The lowest BCUT2D eigenvalue weighted by Gasteiger charge is -2.18. The molecule has 0 spiro atoms. The third kappa shape index (κ3) is 3.83. The average Bonchev–Trinajstić information content (AvgIpc) is 2.88. The Morgan fingerprint density at radius 1 is 0.382 bits per heavy atom. The van der Waals surface area contributed by atoms with Crippen molar-refractivity contribution >= 4 is 0 Å². The summed E-state index contributed by atoms with van der Waals surface area (Å²) < 4.78 is 35.0. The number of hydrogen-bond donors (Lipinski definition) is 0. The van der Waals surface area contributed by atoms with Gasteiger partial charge >= 0.3 is 0 Å². The number of rotatable bonds is 4. The maximum Gasteiger partial charge on any atom is 0.131 e. The highest BCUT2D eigenvalue weighted by molar-refractivity contribution is 5.79. The largest absolute Gasteiger partial charge is 0.496 e. The van der Waals surface area contributed by atoms with Crippen LogP contribution in [-0.2, 0) is 0 Å². The molecular weight excluding hydrogens is 432 g/mol. The van der Waals surface area contributed by atoms with Gasteiger partial charge in [0.2, 0.25) is 0 Å². The predicted molar refractivity (Wildman–Crippen MR) is 130 cm³/mol. The van der Waals surface area contributed by atoms with Crippen molar-refractivity contribution in [2.45, 2.75) is 0 Å². The van der Waals surface area contributed by atoms with E-state index in [1.807, 2.05) is 72.8 Å². The smallest absolute Gasteiger partial charge is 0.131 e. The first-order valence-corrected chi connectivity index (χ1v) is 10.7. The third-order valence-electron chi connectivity index (χ3n) is 5.74. The summed E-state index contributed by atoms with van der Waals surface area (Å²) >= 11 is 0. The molecule has 14 rings (SSSR count). The summed E-state index contributed by atoms with van der Waals surface area (Å²) in [6.07, 6.45) is 0. The molecule has 0 saturated heterocycles. The van der Waals surface area contributed by atoms with E-state index in [9.17, 15) is 0 Å². The van der Waals surface area contributed by atoms with Crippen molar-refractivity contribution in [1.82, 2.24) is 0 Å². The Hall–Kier alpha value is -4.32. The molecule has 0 unspecified atom stereocenters. The monoisotopic (exact) mass is 456 g/mol. The van der Waals surface area contributed by atoms with Gasteiger partial charge in [-0.1, -0.05) is 0 Å². The zero-order chi connectivity index (χ0) is 23.7. The van der Waals surface area contributed by atoms with Gasteiger partial charge < -0.3 is 28.4 Å². The Morgan fingerprint density at radius 3 is 0.824 bits per heavy atom. The SMILES string of the molecule is COc1cc2ccc1-c1ccc(cc1OC)Oc1ccc(c(OC)c1)-c1ccc(cc1OC)O2. The summed E-state index contributed by atoms with van der Waals surface area (Å²) in [5, 5.41) is 0. The second-order valence-electron chi connectivity index (χ2n) is 7.65. The van der Waals surface area contributed by atoms with Gasteiger partial charge in [-0.2, -0.15) is 0 Å². The Bertz CT molecular complexity index is 1150. The van der Waals surface area contributed by atoms with Crippen molar-refractivity contribution in [2.75, 3.05) is 28.4 Å². The van der Waals surface area contributed by atoms with E-state index in [2.05, 4.69) is 0 Å². The number of benzene rings is 4. The van der Waals surface area contributed by atoms with Crippen molar-refractivity contribution in [3.8, 4) is 68.2 Å². The maximum absolute atomic E-state index is 6.14. The van der Waals surface area contributed by atoms with Gasteiger partial charge in [-0.05, 0) is 48.5 Å². The highest BCUT2D eigenvalue weighted by atomic mass is 16.5. The molecule has 0 fully saturated rings. The van der Waals surface area contributed by atoms with E-state index in [1.54, 1.807) is 28.4 Å². The predicted octanol–water partition coefficient (Wildman–Crippen LogP) is 6.95. The molecule has 0 atom stereocenters. The molecule has 4 aromatic rings. The second-order valence-corrected chi connectivity index (χ2v) is 7.65. The summed E-state index contributed by atoms with van der Waals surface area (Å²) in [5.74, 6) is 5.19. The molecule has 0 saturated carbocycles.